The van der Waals surface area contributed by atoms with Crippen LogP contribution in [0.15, 0.2) is 82.7 Å². The normalized spacial score (nSPS) is 19.7. The van der Waals surface area contributed by atoms with Gasteiger partial charge in [0.15, 0.2) is 4.34 Å². The van der Waals surface area contributed by atoms with Crippen molar-refractivity contribution in [3.63, 3.8) is 0 Å². The summed E-state index contributed by atoms with van der Waals surface area (Å²) >= 11 is 2.78. The van der Waals surface area contributed by atoms with E-state index in [0.717, 1.165) is 22.4 Å². The molecule has 214 valence electrons. The van der Waals surface area contributed by atoms with E-state index in [-0.39, 0.29) is 22.9 Å². The summed E-state index contributed by atoms with van der Waals surface area (Å²) in [6, 6.07) is 22.4. The zero-order chi connectivity index (χ0) is 29.6. The predicted molar refractivity (Wildman–Crippen MR) is 166 cm³/mol. The van der Waals surface area contributed by atoms with E-state index < -0.39 is 17.7 Å². The minimum Gasteiger partial charge on any atom is -0.507 e. The van der Waals surface area contributed by atoms with Gasteiger partial charge >= 0.3 is 5.91 Å². The lowest BCUT2D eigenvalue weighted by Gasteiger charge is -2.24. The number of carbonyl (C=O) groups excluding carboxylic acids is 2. The molecule has 2 atom stereocenters. The fraction of sp³-hybridized carbons (Fsp3) is 0.273. The molecule has 7 nitrogen and oxygen atoms in total. The number of thioether (sulfide) groups is 1. The molecule has 3 heterocycles. The second-order valence-corrected chi connectivity index (χ2v) is 13.8. The van der Waals surface area contributed by atoms with Crippen molar-refractivity contribution in [2.45, 2.75) is 61.8 Å². The number of hydrogen-bond donors (Lipinski definition) is 1. The van der Waals surface area contributed by atoms with Crippen LogP contribution in [0.5, 0.6) is 5.75 Å². The van der Waals surface area contributed by atoms with E-state index in [0.29, 0.717) is 32.8 Å². The molecule has 0 spiro atoms. The number of ether oxygens (including phenoxy) is 1. The van der Waals surface area contributed by atoms with E-state index in [4.69, 9.17) is 4.74 Å². The fourth-order valence-corrected chi connectivity index (χ4v) is 7.14. The summed E-state index contributed by atoms with van der Waals surface area (Å²) < 4.78 is 6.50. The summed E-state index contributed by atoms with van der Waals surface area (Å²) in [5.41, 5.74) is 4.35. The van der Waals surface area contributed by atoms with E-state index in [1.165, 1.54) is 28.0 Å². The van der Waals surface area contributed by atoms with Crippen LogP contribution in [0.25, 0.3) is 5.76 Å². The van der Waals surface area contributed by atoms with Crippen molar-refractivity contribution >= 4 is 45.7 Å². The quantitative estimate of drug-likeness (QED) is 0.0835. The highest BCUT2D eigenvalue weighted by molar-refractivity contribution is 8.00. The lowest BCUT2D eigenvalue weighted by Crippen LogP contribution is -2.29. The van der Waals surface area contributed by atoms with Crippen LogP contribution >= 0.6 is 23.1 Å². The number of Topliss-reactive ketones (excluding diaryl/α,β-unsaturated/α-hetero) is 1. The number of hydrogen-bond acceptors (Lipinski definition) is 8. The summed E-state index contributed by atoms with van der Waals surface area (Å²) in [6.07, 6.45) is 0.743. The van der Waals surface area contributed by atoms with Gasteiger partial charge < -0.3 is 9.84 Å². The second kappa shape index (κ2) is 11.0. The zero-order valence-electron chi connectivity index (χ0n) is 23.8. The predicted octanol–water partition coefficient (Wildman–Crippen LogP) is 7.08. The maximum Gasteiger partial charge on any atom is 0.301 e. The molecule has 3 aromatic carbocycles. The number of aliphatic hydroxyl groups is 1. The van der Waals surface area contributed by atoms with Crippen molar-refractivity contribution in [1.29, 1.82) is 0 Å². The monoisotopic (exact) mass is 597 g/mol. The Bertz CT molecular complexity index is 1690. The average Bonchev–Trinajstić information content (AvgIpc) is 3.66. The van der Waals surface area contributed by atoms with E-state index in [2.05, 4.69) is 31.0 Å². The van der Waals surface area contributed by atoms with Crippen molar-refractivity contribution < 1.29 is 19.4 Å². The molecule has 2 aliphatic heterocycles. The maximum absolute atomic E-state index is 13.6. The van der Waals surface area contributed by atoms with Gasteiger partial charge in [-0.2, -0.15) is 0 Å². The lowest BCUT2D eigenvalue weighted by molar-refractivity contribution is -0.132. The molecule has 1 aromatic heterocycles. The highest BCUT2D eigenvalue weighted by Gasteiger charge is 2.48. The van der Waals surface area contributed by atoms with Gasteiger partial charge in [0.2, 0.25) is 5.13 Å². The average molecular weight is 598 g/mol. The number of carbonyl (C=O) groups is 2. The van der Waals surface area contributed by atoms with Gasteiger partial charge in [-0.3, -0.25) is 14.5 Å². The van der Waals surface area contributed by atoms with E-state index in [1.807, 2.05) is 67.6 Å². The minimum absolute atomic E-state index is 0.0316. The van der Waals surface area contributed by atoms with Crippen LogP contribution in [0.1, 0.15) is 61.6 Å². The smallest absolute Gasteiger partial charge is 0.301 e. The van der Waals surface area contributed by atoms with Gasteiger partial charge in [0.05, 0.1) is 11.6 Å². The number of anilines is 1. The molecular weight excluding hydrogens is 567 g/mol. The molecule has 0 radical (unpaired) electrons. The molecule has 9 heteroatoms. The molecule has 0 aliphatic carbocycles. The third-order valence-corrected chi connectivity index (χ3v) is 9.64. The summed E-state index contributed by atoms with van der Waals surface area (Å²) in [4.78, 5) is 28.6. The van der Waals surface area contributed by atoms with Crippen LogP contribution in [0.3, 0.4) is 0 Å². The number of nitrogens with zero attached hydrogens (tertiary/aromatic N) is 3. The molecule has 42 heavy (non-hydrogen) atoms. The first-order valence-electron chi connectivity index (χ1n) is 13.8. The lowest BCUT2D eigenvalue weighted by atomic mass is 9.85. The largest absolute Gasteiger partial charge is 0.507 e. The highest BCUT2D eigenvalue weighted by atomic mass is 32.2. The Morgan fingerprint density at radius 2 is 1.79 bits per heavy atom. The van der Waals surface area contributed by atoms with Gasteiger partial charge in [-0.25, -0.2) is 0 Å². The van der Waals surface area contributed by atoms with E-state index in [1.54, 1.807) is 12.1 Å². The molecule has 1 saturated heterocycles. The molecule has 1 N–H and O–H groups in total. The first kappa shape index (κ1) is 28.2. The molecular formula is C33H31N3O4S2. The number of fused-ring (bicyclic) bond motifs is 1. The molecule has 2 aliphatic rings. The number of ketones is 1. The van der Waals surface area contributed by atoms with Crippen molar-refractivity contribution in [3.05, 3.63) is 106 Å². The van der Waals surface area contributed by atoms with Gasteiger partial charge in [0.1, 0.15) is 17.6 Å². The Hall–Kier alpha value is -3.95. The Balaban J connectivity index is 1.41. The van der Waals surface area contributed by atoms with E-state index in [9.17, 15) is 14.7 Å². The SMILES string of the molecule is CC1Cc2cc(/C(O)=C3\C(=O)C(=O)N(c4nnc(SCc5ccccc5)s4)C3c3ccc(C(C)(C)C)cc3)ccc2O1. The number of aliphatic hydroxyl groups excluding tert-OH is 1. The molecule has 4 aromatic rings. The van der Waals surface area contributed by atoms with Crippen LogP contribution in [-0.2, 0) is 27.2 Å². The Labute approximate surface area is 253 Å². The highest BCUT2D eigenvalue weighted by Crippen LogP contribution is 2.45. The first-order chi connectivity index (χ1) is 20.1. The first-order valence-corrected chi connectivity index (χ1v) is 15.6. The molecule has 0 saturated carbocycles. The summed E-state index contributed by atoms with van der Waals surface area (Å²) in [6.45, 7) is 8.37. The number of aromatic nitrogens is 2. The fourth-order valence-electron chi connectivity index (χ4n) is 5.31. The van der Waals surface area contributed by atoms with Gasteiger partial charge in [-0.1, -0.05) is 98.5 Å². The molecule has 2 unspecified atom stereocenters. The van der Waals surface area contributed by atoms with Crippen LogP contribution < -0.4 is 9.64 Å². The van der Waals surface area contributed by atoms with Gasteiger partial charge in [0, 0.05) is 17.7 Å². The topological polar surface area (TPSA) is 92.6 Å². The third kappa shape index (κ3) is 5.34. The summed E-state index contributed by atoms with van der Waals surface area (Å²) in [5.74, 6) is -0.242. The van der Waals surface area contributed by atoms with Crippen LogP contribution in [0, 0.1) is 0 Å². The number of amides is 1. The zero-order valence-corrected chi connectivity index (χ0v) is 25.5. The van der Waals surface area contributed by atoms with Crippen molar-refractivity contribution in [2.75, 3.05) is 4.90 Å². The van der Waals surface area contributed by atoms with Crippen molar-refractivity contribution in [2.24, 2.45) is 0 Å². The van der Waals surface area contributed by atoms with Crippen LogP contribution in [0.2, 0.25) is 0 Å². The molecule has 6 rings (SSSR count). The molecule has 1 fully saturated rings. The number of benzene rings is 3. The van der Waals surface area contributed by atoms with Gasteiger partial charge in [-0.05, 0) is 52.8 Å². The Kier molecular flexibility index (Phi) is 7.41. The molecule has 0 bridgehead atoms. The maximum atomic E-state index is 13.6. The Morgan fingerprint density at radius 3 is 2.50 bits per heavy atom. The second-order valence-electron chi connectivity index (χ2n) is 11.6. The van der Waals surface area contributed by atoms with Gasteiger partial charge in [-0.15, -0.1) is 10.2 Å². The van der Waals surface area contributed by atoms with Gasteiger partial charge in [0.25, 0.3) is 5.78 Å². The van der Waals surface area contributed by atoms with E-state index >= 15 is 0 Å². The van der Waals surface area contributed by atoms with Crippen LogP contribution in [-0.4, -0.2) is 33.1 Å². The van der Waals surface area contributed by atoms with Crippen molar-refractivity contribution in [3.8, 4) is 5.75 Å². The molecule has 1 amide bonds. The van der Waals surface area contributed by atoms with Crippen LogP contribution in [0.4, 0.5) is 5.13 Å². The summed E-state index contributed by atoms with van der Waals surface area (Å²) in [7, 11) is 0. The van der Waals surface area contributed by atoms with Crippen molar-refractivity contribution in [1.82, 2.24) is 10.2 Å². The Morgan fingerprint density at radius 1 is 1.05 bits per heavy atom. The number of rotatable bonds is 6. The third-order valence-electron chi connectivity index (χ3n) is 7.51. The summed E-state index contributed by atoms with van der Waals surface area (Å²) in [5, 5.41) is 20.6. The minimum atomic E-state index is -0.859. The standard InChI is InChI=1S/C33H31N3O4S2/c1-19-16-23-17-22(12-15-25(23)40-19)28(37)26-27(21-10-13-24(14-11-21)33(2,3)4)36(30(39)29(26)38)31-34-35-32(42-31)41-18-20-8-6-5-7-9-20/h5-15,17,19,27,37H,16,18H2,1-4H3/b28-26+.